The number of hydrogen-bond donors (Lipinski definition) is 0. The molecule has 1 aromatic carbocycles. The van der Waals surface area contributed by atoms with Gasteiger partial charge in [-0.05, 0) is 12.1 Å². The summed E-state index contributed by atoms with van der Waals surface area (Å²) in [5.74, 6) is 0.0264. The molecule has 0 bridgehead atoms. The minimum atomic E-state index is -0.549. The van der Waals surface area contributed by atoms with E-state index in [-0.39, 0.29) is 11.3 Å². The van der Waals surface area contributed by atoms with Crippen molar-refractivity contribution in [1.29, 1.82) is 0 Å². The molecule has 0 heterocycles. The fourth-order valence-electron chi connectivity index (χ4n) is 1.28. The van der Waals surface area contributed by atoms with Gasteiger partial charge in [0.2, 0.25) is 0 Å². The van der Waals surface area contributed by atoms with Crippen LogP contribution in [0.1, 0.15) is 20.7 Å². The van der Waals surface area contributed by atoms with E-state index in [0.29, 0.717) is 17.6 Å². The summed E-state index contributed by atoms with van der Waals surface area (Å²) in [4.78, 5) is 22.2. The third-order valence-corrected chi connectivity index (χ3v) is 2.08. The molecule has 0 aliphatic rings. The fourth-order valence-corrected chi connectivity index (χ4v) is 1.28. The quantitative estimate of drug-likeness (QED) is 0.570. The molecule has 0 aliphatic heterocycles. The summed E-state index contributed by atoms with van der Waals surface area (Å²) in [6, 6.07) is 2.84. The smallest absolute Gasteiger partial charge is 0.341 e. The fraction of sp³-hybridized carbons (Fsp3) is 0.273. The van der Waals surface area contributed by atoms with E-state index in [9.17, 15) is 9.59 Å². The highest BCUT2D eigenvalue weighted by Gasteiger charge is 2.17. The number of esters is 1. The number of methoxy groups -OCH3 is 3. The summed E-state index contributed by atoms with van der Waals surface area (Å²) in [7, 11) is 4.08. The first-order chi connectivity index (χ1) is 7.67. The molecule has 0 saturated carbocycles. The molecule has 0 fully saturated rings. The van der Waals surface area contributed by atoms with Crippen molar-refractivity contribution < 1.29 is 23.8 Å². The number of carbonyl (C=O) groups is 2. The molecule has 0 atom stereocenters. The van der Waals surface area contributed by atoms with Crippen LogP contribution in [0, 0.1) is 0 Å². The lowest BCUT2D eigenvalue weighted by molar-refractivity contribution is 0.0596. The summed E-state index contributed by atoms with van der Waals surface area (Å²) in [6.07, 6.45) is 0.627. The Labute approximate surface area is 92.9 Å². The average Bonchev–Trinajstić information content (AvgIpc) is 2.35. The Kier molecular flexibility index (Phi) is 3.88. The van der Waals surface area contributed by atoms with Gasteiger partial charge in [-0.1, -0.05) is 0 Å². The molecular weight excluding hydrogens is 212 g/mol. The predicted octanol–water partition coefficient (Wildman–Crippen LogP) is 1.30. The van der Waals surface area contributed by atoms with E-state index in [1.165, 1.54) is 33.5 Å². The van der Waals surface area contributed by atoms with E-state index in [0.717, 1.165) is 0 Å². The Bertz CT molecular complexity index is 411. The van der Waals surface area contributed by atoms with Crippen LogP contribution in [0.4, 0.5) is 0 Å². The van der Waals surface area contributed by atoms with Gasteiger partial charge in [0.05, 0.1) is 26.9 Å². The van der Waals surface area contributed by atoms with E-state index >= 15 is 0 Å². The van der Waals surface area contributed by atoms with Crippen LogP contribution in [0.3, 0.4) is 0 Å². The first-order valence-corrected chi connectivity index (χ1v) is 4.47. The van der Waals surface area contributed by atoms with Crippen LogP contribution in [0.2, 0.25) is 0 Å². The van der Waals surface area contributed by atoms with Crippen LogP contribution in [0.25, 0.3) is 0 Å². The molecular formula is C11H12O5. The molecule has 0 N–H and O–H groups in total. The van der Waals surface area contributed by atoms with Gasteiger partial charge >= 0.3 is 5.97 Å². The molecule has 0 amide bonds. The van der Waals surface area contributed by atoms with Gasteiger partial charge < -0.3 is 14.2 Å². The summed E-state index contributed by atoms with van der Waals surface area (Å²) < 4.78 is 14.6. The second-order valence-electron chi connectivity index (χ2n) is 2.90. The highest BCUT2D eigenvalue weighted by Crippen LogP contribution is 2.28. The van der Waals surface area contributed by atoms with Gasteiger partial charge in [0.1, 0.15) is 17.1 Å². The van der Waals surface area contributed by atoms with Crippen molar-refractivity contribution in [3.63, 3.8) is 0 Å². The summed E-state index contributed by atoms with van der Waals surface area (Å²) in [6.45, 7) is 0. The van der Waals surface area contributed by atoms with E-state index in [1.54, 1.807) is 0 Å². The molecule has 16 heavy (non-hydrogen) atoms. The zero-order valence-corrected chi connectivity index (χ0v) is 9.27. The second-order valence-corrected chi connectivity index (χ2v) is 2.90. The molecule has 0 aliphatic carbocycles. The van der Waals surface area contributed by atoms with E-state index in [4.69, 9.17) is 9.47 Å². The Hall–Kier alpha value is -2.04. The zero-order valence-electron chi connectivity index (χ0n) is 9.27. The zero-order chi connectivity index (χ0) is 12.1. The van der Waals surface area contributed by atoms with Gasteiger partial charge in [-0.2, -0.15) is 0 Å². The van der Waals surface area contributed by atoms with E-state index in [1.807, 2.05) is 0 Å². The standard InChI is InChI=1S/C11H12O5/c1-14-9-5-8(11(13)16-3)10(15-2)4-7(9)6-12/h4-6H,1-3H3. The number of rotatable bonds is 4. The molecule has 0 unspecified atom stereocenters. The summed E-state index contributed by atoms with van der Waals surface area (Å²) >= 11 is 0. The maximum Gasteiger partial charge on any atom is 0.341 e. The largest absolute Gasteiger partial charge is 0.496 e. The first kappa shape index (κ1) is 12.0. The second kappa shape index (κ2) is 5.16. The third-order valence-electron chi connectivity index (χ3n) is 2.08. The van der Waals surface area contributed by atoms with Crippen LogP contribution < -0.4 is 9.47 Å². The summed E-state index contributed by atoms with van der Waals surface area (Å²) in [5, 5.41) is 0. The molecule has 5 heteroatoms. The van der Waals surface area contributed by atoms with Crippen molar-refractivity contribution >= 4 is 12.3 Å². The van der Waals surface area contributed by atoms with Crippen LogP contribution in [0.15, 0.2) is 12.1 Å². The third kappa shape index (κ3) is 2.13. The van der Waals surface area contributed by atoms with Crippen molar-refractivity contribution in [2.45, 2.75) is 0 Å². The van der Waals surface area contributed by atoms with E-state index in [2.05, 4.69) is 4.74 Å². The van der Waals surface area contributed by atoms with Gasteiger partial charge in [0, 0.05) is 0 Å². The molecule has 0 aromatic heterocycles. The normalized spacial score (nSPS) is 9.44. The number of ether oxygens (including phenoxy) is 3. The average molecular weight is 224 g/mol. The van der Waals surface area contributed by atoms with Gasteiger partial charge in [-0.25, -0.2) is 4.79 Å². The van der Waals surface area contributed by atoms with Gasteiger partial charge in [0.15, 0.2) is 6.29 Å². The van der Waals surface area contributed by atoms with Gasteiger partial charge in [0.25, 0.3) is 0 Å². The number of carbonyl (C=O) groups excluding carboxylic acids is 2. The SMILES string of the molecule is COC(=O)c1cc(OC)c(C=O)cc1OC. The van der Waals surface area contributed by atoms with Crippen LogP contribution in [-0.2, 0) is 4.74 Å². The number of aldehydes is 1. The van der Waals surface area contributed by atoms with Crippen LogP contribution in [0.5, 0.6) is 11.5 Å². The Morgan fingerprint density at radius 3 is 2.19 bits per heavy atom. The minimum absolute atomic E-state index is 0.215. The molecule has 0 saturated heterocycles. The van der Waals surface area contributed by atoms with Crippen molar-refractivity contribution in [1.82, 2.24) is 0 Å². The first-order valence-electron chi connectivity index (χ1n) is 4.47. The van der Waals surface area contributed by atoms with Crippen molar-refractivity contribution in [3.05, 3.63) is 23.3 Å². The molecule has 0 radical (unpaired) electrons. The predicted molar refractivity (Wildman–Crippen MR) is 56.3 cm³/mol. The highest BCUT2D eigenvalue weighted by atomic mass is 16.5. The van der Waals surface area contributed by atoms with Crippen LogP contribution in [-0.4, -0.2) is 33.6 Å². The lowest BCUT2D eigenvalue weighted by atomic mass is 10.1. The Morgan fingerprint density at radius 1 is 1.12 bits per heavy atom. The molecule has 86 valence electrons. The Morgan fingerprint density at radius 2 is 1.75 bits per heavy atom. The molecule has 0 spiro atoms. The van der Waals surface area contributed by atoms with Gasteiger partial charge in [-0.3, -0.25) is 4.79 Å². The number of benzene rings is 1. The topological polar surface area (TPSA) is 61.8 Å². The molecule has 5 nitrogen and oxygen atoms in total. The summed E-state index contributed by atoms with van der Waals surface area (Å²) in [5.41, 5.74) is 0.527. The van der Waals surface area contributed by atoms with E-state index < -0.39 is 5.97 Å². The monoisotopic (exact) mass is 224 g/mol. The van der Waals surface area contributed by atoms with Crippen molar-refractivity contribution in [2.75, 3.05) is 21.3 Å². The lowest BCUT2D eigenvalue weighted by Gasteiger charge is -2.10. The number of hydrogen-bond acceptors (Lipinski definition) is 5. The lowest BCUT2D eigenvalue weighted by Crippen LogP contribution is -2.06. The maximum atomic E-state index is 11.4. The Balaban J connectivity index is 3.37. The van der Waals surface area contributed by atoms with Crippen molar-refractivity contribution in [2.24, 2.45) is 0 Å². The van der Waals surface area contributed by atoms with Crippen molar-refractivity contribution in [3.8, 4) is 11.5 Å². The molecule has 1 rings (SSSR count). The maximum absolute atomic E-state index is 11.4. The minimum Gasteiger partial charge on any atom is -0.496 e. The van der Waals surface area contributed by atoms with Crippen LogP contribution >= 0.6 is 0 Å². The van der Waals surface area contributed by atoms with Gasteiger partial charge in [-0.15, -0.1) is 0 Å². The highest BCUT2D eigenvalue weighted by molar-refractivity contribution is 5.95. The molecule has 1 aromatic rings.